The normalized spacial score (nSPS) is 10.9. The highest BCUT2D eigenvalue weighted by atomic mass is 16.5. The highest BCUT2D eigenvalue weighted by Gasteiger charge is 2.09. The van der Waals surface area contributed by atoms with E-state index in [0.717, 1.165) is 41.3 Å². The van der Waals surface area contributed by atoms with Crippen LogP contribution < -0.4 is 9.47 Å². The van der Waals surface area contributed by atoms with Crippen molar-refractivity contribution >= 4 is 11.0 Å². The molecule has 0 saturated heterocycles. The van der Waals surface area contributed by atoms with Gasteiger partial charge in [-0.25, -0.2) is 4.98 Å². The van der Waals surface area contributed by atoms with Gasteiger partial charge in [0.1, 0.15) is 23.9 Å². The van der Waals surface area contributed by atoms with Crippen molar-refractivity contribution in [2.24, 2.45) is 0 Å². The molecule has 0 fully saturated rings. The van der Waals surface area contributed by atoms with Gasteiger partial charge in [-0.1, -0.05) is 18.2 Å². The molecule has 5 nitrogen and oxygen atoms in total. The SMILES string of the molecule is COCc1nc2ccccc2n1CCCOc1cccc(OC)c1. The number of ether oxygens (including phenoxy) is 3. The van der Waals surface area contributed by atoms with Crippen molar-refractivity contribution in [1.29, 1.82) is 0 Å². The topological polar surface area (TPSA) is 45.5 Å². The van der Waals surface area contributed by atoms with Gasteiger partial charge in [0.15, 0.2) is 0 Å². The Hall–Kier alpha value is -2.53. The van der Waals surface area contributed by atoms with Crippen molar-refractivity contribution in [2.45, 2.75) is 19.6 Å². The molecule has 5 heteroatoms. The molecule has 3 rings (SSSR count). The number of aryl methyl sites for hydroxylation is 1. The molecule has 0 atom stereocenters. The minimum atomic E-state index is 0.505. The second-order valence-electron chi connectivity index (χ2n) is 5.48. The lowest BCUT2D eigenvalue weighted by Gasteiger charge is -2.10. The van der Waals surface area contributed by atoms with E-state index >= 15 is 0 Å². The predicted octanol–water partition coefficient (Wildman–Crippen LogP) is 3.66. The number of benzene rings is 2. The molecule has 0 radical (unpaired) electrons. The van der Waals surface area contributed by atoms with Crippen molar-refractivity contribution < 1.29 is 14.2 Å². The maximum Gasteiger partial charge on any atom is 0.135 e. The molecule has 0 N–H and O–H groups in total. The first-order chi connectivity index (χ1) is 11.8. The molecule has 24 heavy (non-hydrogen) atoms. The first-order valence-electron chi connectivity index (χ1n) is 8.02. The van der Waals surface area contributed by atoms with Crippen LogP contribution in [-0.4, -0.2) is 30.4 Å². The molecule has 2 aromatic carbocycles. The van der Waals surface area contributed by atoms with Crippen molar-refractivity contribution in [3.05, 3.63) is 54.4 Å². The summed E-state index contributed by atoms with van der Waals surface area (Å²) in [6.45, 7) is 1.97. The van der Waals surface area contributed by atoms with E-state index in [1.807, 2.05) is 42.5 Å². The number of hydrogen-bond acceptors (Lipinski definition) is 4. The lowest BCUT2D eigenvalue weighted by atomic mass is 10.3. The summed E-state index contributed by atoms with van der Waals surface area (Å²) in [6, 6.07) is 15.8. The summed E-state index contributed by atoms with van der Waals surface area (Å²) in [4.78, 5) is 4.64. The Bertz CT molecular complexity index is 798. The predicted molar refractivity (Wildman–Crippen MR) is 93.6 cm³/mol. The molecule has 126 valence electrons. The van der Waals surface area contributed by atoms with Gasteiger partial charge in [0, 0.05) is 19.7 Å². The second-order valence-corrected chi connectivity index (χ2v) is 5.48. The summed E-state index contributed by atoms with van der Waals surface area (Å²) < 4.78 is 18.5. The first-order valence-corrected chi connectivity index (χ1v) is 8.02. The average Bonchev–Trinajstić information content (AvgIpc) is 2.97. The van der Waals surface area contributed by atoms with E-state index in [-0.39, 0.29) is 0 Å². The largest absolute Gasteiger partial charge is 0.497 e. The van der Waals surface area contributed by atoms with E-state index in [1.165, 1.54) is 0 Å². The quantitative estimate of drug-likeness (QED) is 0.593. The highest BCUT2D eigenvalue weighted by molar-refractivity contribution is 5.75. The number of imidazole rings is 1. The maximum atomic E-state index is 5.81. The van der Waals surface area contributed by atoms with Crippen molar-refractivity contribution in [1.82, 2.24) is 9.55 Å². The number of methoxy groups -OCH3 is 2. The summed E-state index contributed by atoms with van der Waals surface area (Å²) in [5, 5.41) is 0. The van der Waals surface area contributed by atoms with Crippen LogP contribution >= 0.6 is 0 Å². The Labute approximate surface area is 141 Å². The molecule has 1 aromatic heterocycles. The molecule has 0 spiro atoms. The molecule has 0 amide bonds. The summed E-state index contributed by atoms with van der Waals surface area (Å²) in [5.41, 5.74) is 2.13. The molecule has 0 aliphatic heterocycles. The van der Waals surface area contributed by atoms with E-state index in [1.54, 1.807) is 14.2 Å². The average molecular weight is 326 g/mol. The van der Waals surface area contributed by atoms with Crippen LogP contribution in [0.4, 0.5) is 0 Å². The van der Waals surface area contributed by atoms with Gasteiger partial charge >= 0.3 is 0 Å². The zero-order valence-electron chi connectivity index (χ0n) is 14.1. The number of hydrogen-bond donors (Lipinski definition) is 0. The molecule has 1 heterocycles. The lowest BCUT2D eigenvalue weighted by Crippen LogP contribution is -2.08. The zero-order chi connectivity index (χ0) is 16.8. The maximum absolute atomic E-state index is 5.81. The Morgan fingerprint density at radius 2 is 1.83 bits per heavy atom. The van der Waals surface area contributed by atoms with Gasteiger partial charge in [-0.05, 0) is 30.7 Å². The van der Waals surface area contributed by atoms with Crippen molar-refractivity contribution in [2.75, 3.05) is 20.8 Å². The van der Waals surface area contributed by atoms with Gasteiger partial charge in [-0.2, -0.15) is 0 Å². The second kappa shape index (κ2) is 7.84. The van der Waals surface area contributed by atoms with Crippen LogP contribution in [0.15, 0.2) is 48.5 Å². The van der Waals surface area contributed by atoms with E-state index < -0.39 is 0 Å². The standard InChI is InChI=1S/C19H22N2O3/c1-22-14-19-20-17-9-3-4-10-18(17)21(19)11-6-12-24-16-8-5-7-15(13-16)23-2/h3-5,7-10,13H,6,11-12,14H2,1-2H3. The monoisotopic (exact) mass is 326 g/mol. The lowest BCUT2D eigenvalue weighted by molar-refractivity contribution is 0.174. The number of fused-ring (bicyclic) bond motifs is 1. The third kappa shape index (κ3) is 3.68. The Kier molecular flexibility index (Phi) is 5.33. The van der Waals surface area contributed by atoms with Gasteiger partial charge in [-0.15, -0.1) is 0 Å². The highest BCUT2D eigenvalue weighted by Crippen LogP contribution is 2.20. The van der Waals surface area contributed by atoms with Crippen LogP contribution in [0.3, 0.4) is 0 Å². The smallest absolute Gasteiger partial charge is 0.135 e. The van der Waals surface area contributed by atoms with E-state index in [9.17, 15) is 0 Å². The number of aromatic nitrogens is 2. The van der Waals surface area contributed by atoms with Crippen molar-refractivity contribution in [3.63, 3.8) is 0 Å². The van der Waals surface area contributed by atoms with Crippen molar-refractivity contribution in [3.8, 4) is 11.5 Å². The van der Waals surface area contributed by atoms with Crippen LogP contribution in [0, 0.1) is 0 Å². The number of para-hydroxylation sites is 2. The van der Waals surface area contributed by atoms with Gasteiger partial charge in [-0.3, -0.25) is 0 Å². The fourth-order valence-electron chi connectivity index (χ4n) is 2.72. The molecular weight excluding hydrogens is 304 g/mol. The molecule has 0 bridgehead atoms. The Balaban J connectivity index is 1.63. The van der Waals surface area contributed by atoms with Crippen LogP contribution in [0.25, 0.3) is 11.0 Å². The summed E-state index contributed by atoms with van der Waals surface area (Å²) in [6.07, 6.45) is 0.883. The van der Waals surface area contributed by atoms with Crippen LogP contribution in [0.5, 0.6) is 11.5 Å². The fourth-order valence-corrected chi connectivity index (χ4v) is 2.72. The number of rotatable bonds is 8. The van der Waals surface area contributed by atoms with Gasteiger partial charge in [0.2, 0.25) is 0 Å². The Morgan fingerprint density at radius 3 is 2.67 bits per heavy atom. The molecule has 0 unspecified atom stereocenters. The summed E-state index contributed by atoms with van der Waals surface area (Å²) in [5.74, 6) is 2.57. The van der Waals surface area contributed by atoms with Gasteiger partial charge in [0.05, 0.1) is 24.8 Å². The molecular formula is C19H22N2O3. The third-order valence-corrected chi connectivity index (χ3v) is 3.84. The fraction of sp³-hybridized carbons (Fsp3) is 0.316. The third-order valence-electron chi connectivity index (χ3n) is 3.84. The van der Waals surface area contributed by atoms with Gasteiger partial charge in [0.25, 0.3) is 0 Å². The van der Waals surface area contributed by atoms with E-state index in [2.05, 4.69) is 15.6 Å². The van der Waals surface area contributed by atoms with Crippen LogP contribution in [0.1, 0.15) is 12.2 Å². The molecule has 0 saturated carbocycles. The van der Waals surface area contributed by atoms with E-state index in [4.69, 9.17) is 14.2 Å². The molecule has 3 aromatic rings. The summed E-state index contributed by atoms with van der Waals surface area (Å²) >= 11 is 0. The minimum Gasteiger partial charge on any atom is -0.497 e. The number of nitrogens with zero attached hydrogens (tertiary/aromatic N) is 2. The van der Waals surface area contributed by atoms with Crippen LogP contribution in [0.2, 0.25) is 0 Å². The van der Waals surface area contributed by atoms with Gasteiger partial charge < -0.3 is 18.8 Å². The molecule has 0 aliphatic carbocycles. The van der Waals surface area contributed by atoms with E-state index in [0.29, 0.717) is 13.2 Å². The molecule has 0 aliphatic rings. The zero-order valence-corrected chi connectivity index (χ0v) is 14.1. The minimum absolute atomic E-state index is 0.505. The van der Waals surface area contributed by atoms with Crippen LogP contribution in [-0.2, 0) is 17.9 Å². The summed E-state index contributed by atoms with van der Waals surface area (Å²) in [7, 11) is 3.34. The first kappa shape index (κ1) is 16.3. The Morgan fingerprint density at radius 1 is 1.00 bits per heavy atom.